The van der Waals surface area contributed by atoms with Crippen molar-refractivity contribution in [2.24, 2.45) is 0 Å². The van der Waals surface area contributed by atoms with Gasteiger partial charge in [-0.15, -0.1) is 0 Å². The first-order valence-corrected chi connectivity index (χ1v) is 5.35. The molecule has 0 N–H and O–H groups in total. The minimum absolute atomic E-state index is 0.237. The molecule has 16 heavy (non-hydrogen) atoms. The molecule has 0 aliphatic carbocycles. The summed E-state index contributed by atoms with van der Waals surface area (Å²) in [6, 6.07) is 8.08. The fraction of sp³-hybridized carbons (Fsp3) is 0.308. The largest absolute Gasteiger partial charge is 0.434 e. The summed E-state index contributed by atoms with van der Waals surface area (Å²) in [7, 11) is 0. The maximum Gasteiger partial charge on any atom is 0.357 e. The third-order valence-corrected chi connectivity index (χ3v) is 3.05. The Balaban J connectivity index is 2.42. The number of esters is 1. The number of carbonyl (C=O) groups is 1. The number of aryl methyl sites for hydroxylation is 1. The highest BCUT2D eigenvalue weighted by Gasteiger charge is 2.38. The topological polar surface area (TPSA) is 31.2 Å². The van der Waals surface area contributed by atoms with Crippen molar-refractivity contribution in [1.82, 2.24) is 4.57 Å². The molecule has 3 rings (SSSR count). The van der Waals surface area contributed by atoms with Gasteiger partial charge in [-0.3, -0.25) is 4.57 Å². The molecule has 0 saturated heterocycles. The third kappa shape index (κ3) is 1.06. The zero-order valence-electron chi connectivity index (χ0n) is 9.57. The maximum atomic E-state index is 11.7. The van der Waals surface area contributed by atoms with Gasteiger partial charge in [-0.1, -0.05) is 11.6 Å². The Morgan fingerprint density at radius 2 is 2.00 bits per heavy atom. The van der Waals surface area contributed by atoms with Gasteiger partial charge >= 0.3 is 5.97 Å². The summed E-state index contributed by atoms with van der Waals surface area (Å²) < 4.78 is 7.28. The minimum atomic E-state index is -0.580. The molecule has 2 aromatic rings. The number of hydrogen-bond acceptors (Lipinski definition) is 2. The highest BCUT2D eigenvalue weighted by molar-refractivity contribution is 5.98. The van der Waals surface area contributed by atoms with Gasteiger partial charge in [0, 0.05) is 5.39 Å². The maximum absolute atomic E-state index is 11.7. The SMILES string of the molecule is Cc1ccc2c(c1)cc1n2C(C)(C)OC1=O. The fourth-order valence-corrected chi connectivity index (χ4v) is 2.39. The van der Waals surface area contributed by atoms with Crippen molar-refractivity contribution in [3.05, 3.63) is 35.5 Å². The van der Waals surface area contributed by atoms with Crippen LogP contribution < -0.4 is 0 Å². The van der Waals surface area contributed by atoms with Crippen molar-refractivity contribution >= 4 is 16.9 Å². The Morgan fingerprint density at radius 1 is 1.25 bits per heavy atom. The molecule has 0 fully saturated rings. The molecule has 1 aromatic heterocycles. The molecule has 3 nitrogen and oxygen atoms in total. The molecule has 0 atom stereocenters. The molecule has 3 heteroatoms. The van der Waals surface area contributed by atoms with Crippen LogP contribution in [0.3, 0.4) is 0 Å². The lowest BCUT2D eigenvalue weighted by molar-refractivity contribution is -0.0163. The first-order chi connectivity index (χ1) is 7.49. The number of hydrogen-bond donors (Lipinski definition) is 0. The predicted molar refractivity (Wildman–Crippen MR) is 61.4 cm³/mol. The second kappa shape index (κ2) is 2.67. The number of fused-ring (bicyclic) bond motifs is 3. The zero-order valence-corrected chi connectivity index (χ0v) is 9.57. The third-order valence-electron chi connectivity index (χ3n) is 3.05. The van der Waals surface area contributed by atoms with E-state index in [1.165, 1.54) is 5.56 Å². The van der Waals surface area contributed by atoms with Gasteiger partial charge in [0.1, 0.15) is 5.69 Å². The lowest BCUT2D eigenvalue weighted by atomic mass is 10.2. The van der Waals surface area contributed by atoms with E-state index >= 15 is 0 Å². The number of cyclic esters (lactones) is 1. The van der Waals surface area contributed by atoms with Crippen LogP contribution in [0, 0.1) is 6.92 Å². The van der Waals surface area contributed by atoms with E-state index < -0.39 is 5.72 Å². The summed E-state index contributed by atoms with van der Waals surface area (Å²) in [6.45, 7) is 5.85. The molecule has 1 aromatic carbocycles. The Labute approximate surface area is 93.6 Å². The number of nitrogens with zero attached hydrogens (tertiary/aromatic N) is 1. The van der Waals surface area contributed by atoms with Crippen LogP contribution >= 0.6 is 0 Å². The van der Waals surface area contributed by atoms with Crippen LogP contribution in [-0.4, -0.2) is 10.5 Å². The molecule has 0 bridgehead atoms. The molecule has 1 aliphatic heterocycles. The Hall–Kier alpha value is -1.77. The van der Waals surface area contributed by atoms with E-state index in [1.54, 1.807) is 0 Å². The Kier molecular flexibility index (Phi) is 1.58. The molecule has 0 radical (unpaired) electrons. The van der Waals surface area contributed by atoms with Gasteiger partial charge in [0.2, 0.25) is 0 Å². The van der Waals surface area contributed by atoms with Crippen molar-refractivity contribution in [2.45, 2.75) is 26.5 Å². The van der Waals surface area contributed by atoms with Crippen molar-refractivity contribution in [3.63, 3.8) is 0 Å². The van der Waals surface area contributed by atoms with Crippen LogP contribution in [0.2, 0.25) is 0 Å². The van der Waals surface area contributed by atoms with Gasteiger partial charge in [-0.2, -0.15) is 0 Å². The van der Waals surface area contributed by atoms with Gasteiger partial charge in [0.15, 0.2) is 5.72 Å². The second-order valence-corrected chi connectivity index (χ2v) is 4.76. The smallest absolute Gasteiger partial charge is 0.357 e. The number of benzene rings is 1. The van der Waals surface area contributed by atoms with E-state index in [0.717, 1.165) is 10.9 Å². The highest BCUT2D eigenvalue weighted by atomic mass is 16.6. The standard InChI is InChI=1S/C13H13NO2/c1-8-4-5-10-9(6-8)7-11-12(15)16-13(2,3)14(10)11/h4-7H,1-3H3. The molecule has 0 unspecified atom stereocenters. The van der Waals surface area contributed by atoms with Crippen molar-refractivity contribution < 1.29 is 9.53 Å². The van der Waals surface area contributed by atoms with Crippen LogP contribution in [0.5, 0.6) is 0 Å². The molecular weight excluding hydrogens is 202 g/mol. The predicted octanol–water partition coefficient (Wildman–Crippen LogP) is 2.81. The molecule has 0 saturated carbocycles. The summed E-state index contributed by atoms with van der Waals surface area (Å²) in [6.07, 6.45) is 0. The van der Waals surface area contributed by atoms with E-state index in [9.17, 15) is 4.79 Å². The normalized spacial score (nSPS) is 17.6. The van der Waals surface area contributed by atoms with E-state index in [0.29, 0.717) is 5.69 Å². The molecule has 82 valence electrons. The molecule has 1 aliphatic rings. The summed E-state index contributed by atoms with van der Waals surface area (Å²) >= 11 is 0. The first-order valence-electron chi connectivity index (χ1n) is 5.35. The van der Waals surface area contributed by atoms with Gasteiger partial charge in [0.05, 0.1) is 5.52 Å². The lowest BCUT2D eigenvalue weighted by Crippen LogP contribution is -2.23. The zero-order chi connectivity index (χ0) is 11.5. The van der Waals surface area contributed by atoms with Crippen molar-refractivity contribution in [1.29, 1.82) is 0 Å². The van der Waals surface area contributed by atoms with E-state index in [1.807, 2.05) is 37.5 Å². The van der Waals surface area contributed by atoms with E-state index in [2.05, 4.69) is 12.1 Å². The van der Waals surface area contributed by atoms with Crippen LogP contribution in [0.15, 0.2) is 24.3 Å². The van der Waals surface area contributed by atoms with Gasteiger partial charge < -0.3 is 4.74 Å². The highest BCUT2D eigenvalue weighted by Crippen LogP contribution is 2.35. The van der Waals surface area contributed by atoms with Crippen LogP contribution in [0.25, 0.3) is 10.9 Å². The van der Waals surface area contributed by atoms with Gasteiger partial charge in [-0.25, -0.2) is 4.79 Å². The molecule has 0 spiro atoms. The quantitative estimate of drug-likeness (QED) is 0.633. The number of carbonyl (C=O) groups excluding carboxylic acids is 1. The minimum Gasteiger partial charge on any atom is -0.434 e. The summed E-state index contributed by atoms with van der Waals surface area (Å²) in [5, 5.41) is 1.10. The first kappa shape index (κ1) is 9.46. The van der Waals surface area contributed by atoms with Crippen molar-refractivity contribution in [2.75, 3.05) is 0 Å². The van der Waals surface area contributed by atoms with Crippen molar-refractivity contribution in [3.8, 4) is 0 Å². The Bertz CT molecular complexity index is 608. The summed E-state index contributed by atoms with van der Waals surface area (Å²) in [5.74, 6) is -0.237. The average molecular weight is 215 g/mol. The monoisotopic (exact) mass is 215 g/mol. The van der Waals surface area contributed by atoms with E-state index in [-0.39, 0.29) is 5.97 Å². The lowest BCUT2D eigenvalue weighted by Gasteiger charge is -2.20. The van der Waals surface area contributed by atoms with Gasteiger partial charge in [0.25, 0.3) is 0 Å². The molecule has 2 heterocycles. The van der Waals surface area contributed by atoms with Gasteiger partial charge in [-0.05, 0) is 39.0 Å². The number of aromatic nitrogens is 1. The summed E-state index contributed by atoms with van der Waals surface area (Å²) in [5.41, 5.74) is 2.31. The van der Waals surface area contributed by atoms with Crippen LogP contribution in [-0.2, 0) is 10.5 Å². The number of ether oxygens (including phenoxy) is 1. The molecule has 0 amide bonds. The average Bonchev–Trinajstić information content (AvgIpc) is 2.64. The molecular formula is C13H13NO2. The van der Waals surface area contributed by atoms with Crippen LogP contribution in [0.1, 0.15) is 29.9 Å². The summed E-state index contributed by atoms with van der Waals surface area (Å²) in [4.78, 5) is 11.7. The second-order valence-electron chi connectivity index (χ2n) is 4.76. The Morgan fingerprint density at radius 3 is 2.75 bits per heavy atom. The number of rotatable bonds is 0. The van der Waals surface area contributed by atoms with Crippen LogP contribution in [0.4, 0.5) is 0 Å². The van der Waals surface area contributed by atoms with E-state index in [4.69, 9.17) is 4.74 Å². The fourth-order valence-electron chi connectivity index (χ4n) is 2.39.